The summed E-state index contributed by atoms with van der Waals surface area (Å²) < 4.78 is 0. The third kappa shape index (κ3) is 1.37. The van der Waals surface area contributed by atoms with Crippen molar-refractivity contribution in [3.8, 4) is 0 Å². The van der Waals surface area contributed by atoms with Crippen molar-refractivity contribution in [2.45, 2.75) is 5.92 Å². The molecule has 3 nitrogen and oxygen atoms in total. The van der Waals surface area contributed by atoms with Crippen LogP contribution in [0.25, 0.3) is 0 Å². The van der Waals surface area contributed by atoms with Crippen LogP contribution in [0.2, 0.25) is 0 Å². The van der Waals surface area contributed by atoms with E-state index in [4.69, 9.17) is 5.73 Å². The Morgan fingerprint density at radius 3 is 1.83 bits per heavy atom. The first kappa shape index (κ1) is 10.7. The molecule has 2 N–H and O–H groups in total. The molecular formula is C15H11NO2. The van der Waals surface area contributed by atoms with Gasteiger partial charge in [0.1, 0.15) is 5.92 Å². The second-order valence-corrected chi connectivity index (χ2v) is 4.34. The lowest BCUT2D eigenvalue weighted by molar-refractivity contribution is 0.0890. The van der Waals surface area contributed by atoms with E-state index in [2.05, 4.69) is 0 Å². The van der Waals surface area contributed by atoms with Gasteiger partial charge in [0.05, 0.1) is 0 Å². The summed E-state index contributed by atoms with van der Waals surface area (Å²) in [5.41, 5.74) is 7.93. The van der Waals surface area contributed by atoms with Crippen LogP contribution in [0.15, 0.2) is 48.5 Å². The lowest BCUT2D eigenvalue weighted by Gasteiger charge is -2.09. The van der Waals surface area contributed by atoms with Crippen LogP contribution < -0.4 is 5.73 Å². The van der Waals surface area contributed by atoms with Crippen molar-refractivity contribution in [1.29, 1.82) is 0 Å². The Labute approximate surface area is 104 Å². The highest BCUT2D eigenvalue weighted by Gasteiger charge is 2.39. The first-order chi connectivity index (χ1) is 8.70. The zero-order valence-electron chi connectivity index (χ0n) is 9.59. The van der Waals surface area contributed by atoms with Crippen LogP contribution in [0, 0.1) is 0 Å². The molecule has 0 spiro atoms. The van der Waals surface area contributed by atoms with Crippen LogP contribution in [-0.2, 0) is 0 Å². The van der Waals surface area contributed by atoms with Crippen molar-refractivity contribution in [1.82, 2.24) is 0 Å². The van der Waals surface area contributed by atoms with Crippen LogP contribution in [0.4, 0.5) is 5.69 Å². The molecule has 2 aromatic carbocycles. The van der Waals surface area contributed by atoms with Crippen LogP contribution in [0.5, 0.6) is 0 Å². The number of ketones is 2. The first-order valence-electron chi connectivity index (χ1n) is 5.72. The number of para-hydroxylation sites is 1. The third-order valence-corrected chi connectivity index (χ3v) is 3.29. The third-order valence-electron chi connectivity index (χ3n) is 3.29. The molecule has 0 amide bonds. The molecule has 0 saturated heterocycles. The van der Waals surface area contributed by atoms with Crippen LogP contribution >= 0.6 is 0 Å². The molecule has 1 aliphatic rings. The van der Waals surface area contributed by atoms with Crippen LogP contribution in [-0.4, -0.2) is 11.6 Å². The number of hydrogen-bond donors (Lipinski definition) is 1. The van der Waals surface area contributed by atoms with Gasteiger partial charge in [-0.15, -0.1) is 0 Å². The largest absolute Gasteiger partial charge is 0.398 e. The summed E-state index contributed by atoms with van der Waals surface area (Å²) in [5, 5.41) is 0. The van der Waals surface area contributed by atoms with E-state index in [1.54, 1.807) is 48.5 Å². The number of benzene rings is 2. The van der Waals surface area contributed by atoms with E-state index in [0.717, 1.165) is 0 Å². The van der Waals surface area contributed by atoms with Gasteiger partial charge in [0, 0.05) is 16.8 Å². The molecule has 18 heavy (non-hydrogen) atoms. The van der Waals surface area contributed by atoms with E-state index in [1.165, 1.54) is 0 Å². The van der Waals surface area contributed by atoms with Gasteiger partial charge >= 0.3 is 0 Å². The van der Waals surface area contributed by atoms with Crippen molar-refractivity contribution in [2.75, 3.05) is 5.73 Å². The van der Waals surface area contributed by atoms with Gasteiger partial charge < -0.3 is 5.73 Å². The van der Waals surface area contributed by atoms with Gasteiger partial charge in [-0.2, -0.15) is 0 Å². The maximum atomic E-state index is 12.3. The number of carbonyl (C=O) groups is 2. The number of hydrogen-bond acceptors (Lipinski definition) is 3. The predicted octanol–water partition coefficient (Wildman–Crippen LogP) is 2.43. The van der Waals surface area contributed by atoms with Crippen LogP contribution in [0.1, 0.15) is 32.2 Å². The summed E-state index contributed by atoms with van der Waals surface area (Å²) in [4.78, 5) is 24.6. The van der Waals surface area contributed by atoms with E-state index in [0.29, 0.717) is 22.4 Å². The Hall–Kier alpha value is -2.42. The van der Waals surface area contributed by atoms with Crippen molar-refractivity contribution < 1.29 is 9.59 Å². The van der Waals surface area contributed by atoms with E-state index in [9.17, 15) is 9.59 Å². The Morgan fingerprint density at radius 2 is 1.28 bits per heavy atom. The fourth-order valence-electron chi connectivity index (χ4n) is 2.40. The van der Waals surface area contributed by atoms with Gasteiger partial charge in [-0.1, -0.05) is 42.5 Å². The number of nitrogen functional groups attached to an aromatic ring is 1. The number of nitrogens with two attached hydrogens (primary N) is 1. The minimum absolute atomic E-state index is 0.159. The highest BCUT2D eigenvalue weighted by Crippen LogP contribution is 2.35. The quantitative estimate of drug-likeness (QED) is 0.612. The zero-order valence-corrected chi connectivity index (χ0v) is 9.59. The molecule has 3 heteroatoms. The molecule has 0 fully saturated rings. The molecule has 1 aliphatic carbocycles. The summed E-state index contributed by atoms with van der Waals surface area (Å²) in [6.07, 6.45) is 0. The van der Waals surface area contributed by atoms with Gasteiger partial charge in [0.25, 0.3) is 0 Å². The van der Waals surface area contributed by atoms with Crippen molar-refractivity contribution >= 4 is 17.3 Å². The van der Waals surface area contributed by atoms with Gasteiger partial charge in [-0.25, -0.2) is 0 Å². The highest BCUT2D eigenvalue weighted by atomic mass is 16.2. The van der Waals surface area contributed by atoms with E-state index >= 15 is 0 Å². The SMILES string of the molecule is Nc1ccccc1C1C(=O)c2ccccc2C1=O. The number of carbonyl (C=O) groups excluding carboxylic acids is 2. The summed E-state index contributed by atoms with van der Waals surface area (Å²) >= 11 is 0. The molecule has 0 saturated carbocycles. The fraction of sp³-hybridized carbons (Fsp3) is 0.0667. The van der Waals surface area contributed by atoms with Crippen LogP contribution in [0.3, 0.4) is 0 Å². The Bertz CT molecular complexity index is 626. The molecule has 0 aliphatic heterocycles. The number of Topliss-reactive ketones (excluding diaryl/α,β-unsaturated/α-hetero) is 2. The van der Waals surface area contributed by atoms with Gasteiger partial charge in [0.15, 0.2) is 11.6 Å². The van der Waals surface area contributed by atoms with Gasteiger partial charge in [-0.05, 0) is 11.6 Å². The summed E-state index contributed by atoms with van der Waals surface area (Å²) in [6.45, 7) is 0. The topological polar surface area (TPSA) is 60.2 Å². The second kappa shape index (κ2) is 3.81. The minimum atomic E-state index is -0.774. The molecule has 3 rings (SSSR count). The predicted molar refractivity (Wildman–Crippen MR) is 68.7 cm³/mol. The van der Waals surface area contributed by atoms with Crippen molar-refractivity contribution in [2.24, 2.45) is 0 Å². The number of rotatable bonds is 1. The first-order valence-corrected chi connectivity index (χ1v) is 5.72. The normalized spacial score (nSPS) is 14.9. The summed E-state index contributed by atoms with van der Waals surface area (Å²) in [5.74, 6) is -1.09. The van der Waals surface area contributed by atoms with Gasteiger partial charge in [0.2, 0.25) is 0 Å². The van der Waals surface area contributed by atoms with E-state index in [-0.39, 0.29) is 11.6 Å². The molecule has 0 radical (unpaired) electrons. The second-order valence-electron chi connectivity index (χ2n) is 4.34. The smallest absolute Gasteiger partial charge is 0.178 e. The Balaban J connectivity index is 2.16. The molecule has 0 aromatic heterocycles. The molecular weight excluding hydrogens is 226 g/mol. The molecule has 0 unspecified atom stereocenters. The Kier molecular flexibility index (Phi) is 2.27. The maximum absolute atomic E-state index is 12.3. The lowest BCUT2D eigenvalue weighted by atomic mass is 9.93. The maximum Gasteiger partial charge on any atom is 0.178 e. The molecule has 88 valence electrons. The number of anilines is 1. The molecule has 0 heterocycles. The Morgan fingerprint density at radius 1 is 0.778 bits per heavy atom. The monoisotopic (exact) mass is 237 g/mol. The molecule has 2 aromatic rings. The summed E-state index contributed by atoms with van der Waals surface area (Å²) in [7, 11) is 0. The lowest BCUT2D eigenvalue weighted by Crippen LogP contribution is -2.14. The summed E-state index contributed by atoms with van der Waals surface area (Å²) in [6, 6.07) is 13.9. The standard InChI is InChI=1S/C15H11NO2/c16-12-8-4-3-7-11(12)13-14(17)9-5-1-2-6-10(9)15(13)18/h1-8,13H,16H2. The zero-order chi connectivity index (χ0) is 12.7. The van der Waals surface area contributed by atoms with Crippen molar-refractivity contribution in [3.05, 3.63) is 65.2 Å². The molecule has 0 bridgehead atoms. The fourth-order valence-corrected chi connectivity index (χ4v) is 2.40. The highest BCUT2D eigenvalue weighted by molar-refractivity contribution is 6.30. The average Bonchev–Trinajstić information content (AvgIpc) is 2.64. The van der Waals surface area contributed by atoms with Crippen molar-refractivity contribution in [3.63, 3.8) is 0 Å². The van der Waals surface area contributed by atoms with E-state index in [1.807, 2.05) is 0 Å². The molecule has 0 atom stereocenters. The van der Waals surface area contributed by atoms with E-state index < -0.39 is 5.92 Å². The number of fused-ring (bicyclic) bond motifs is 1. The average molecular weight is 237 g/mol. The van der Waals surface area contributed by atoms with Gasteiger partial charge in [-0.3, -0.25) is 9.59 Å². The minimum Gasteiger partial charge on any atom is -0.398 e.